The Balaban J connectivity index is 1.84. The van der Waals surface area contributed by atoms with Gasteiger partial charge in [-0.25, -0.2) is 0 Å². The second-order valence-corrected chi connectivity index (χ2v) is 6.93. The molecule has 1 heterocycles. The van der Waals surface area contributed by atoms with E-state index in [0.717, 1.165) is 32.4 Å². The summed E-state index contributed by atoms with van der Waals surface area (Å²) in [6.45, 7) is 4.94. The largest absolute Gasteiger partial charge is 0.465 e. The van der Waals surface area contributed by atoms with Crippen LogP contribution in [0.1, 0.15) is 84.0 Å². The molecule has 1 rings (SSSR count). The van der Waals surface area contributed by atoms with Crippen LogP contribution < -0.4 is 0 Å². The van der Waals surface area contributed by atoms with Crippen LogP contribution in [0.25, 0.3) is 0 Å². The number of carbonyl (C=O) groups excluding carboxylic acids is 1. The molecule has 3 nitrogen and oxygen atoms in total. The molecular weight excluding hydrogens is 274 g/mol. The number of ether oxygens (including phenoxy) is 1. The number of piperidine rings is 1. The molecule has 0 aliphatic carbocycles. The van der Waals surface area contributed by atoms with Crippen LogP contribution in [0.2, 0.25) is 0 Å². The van der Waals surface area contributed by atoms with E-state index >= 15 is 0 Å². The summed E-state index contributed by atoms with van der Waals surface area (Å²) in [5.41, 5.74) is 0. The van der Waals surface area contributed by atoms with Gasteiger partial charge in [-0.1, -0.05) is 64.7 Å². The zero-order chi connectivity index (χ0) is 16.0. The van der Waals surface area contributed by atoms with Crippen molar-refractivity contribution in [2.45, 2.75) is 84.0 Å². The molecule has 1 fully saturated rings. The highest BCUT2D eigenvalue weighted by Crippen LogP contribution is 2.17. The van der Waals surface area contributed by atoms with Gasteiger partial charge in [0.05, 0.1) is 12.5 Å². The van der Waals surface area contributed by atoms with Crippen LogP contribution in [-0.2, 0) is 9.53 Å². The van der Waals surface area contributed by atoms with Crippen LogP contribution in [0.15, 0.2) is 0 Å². The number of nitrogens with zero attached hydrogens (tertiary/aromatic N) is 1. The van der Waals surface area contributed by atoms with Gasteiger partial charge in [-0.05, 0) is 39.4 Å². The van der Waals surface area contributed by atoms with Crippen molar-refractivity contribution in [2.24, 2.45) is 5.92 Å². The number of hydrogen-bond donors (Lipinski definition) is 0. The van der Waals surface area contributed by atoms with Crippen LogP contribution in [-0.4, -0.2) is 37.6 Å². The second kappa shape index (κ2) is 12.9. The van der Waals surface area contributed by atoms with Gasteiger partial charge in [-0.2, -0.15) is 0 Å². The van der Waals surface area contributed by atoms with Crippen LogP contribution in [0, 0.1) is 5.92 Å². The normalized spacial score (nSPS) is 16.8. The molecule has 0 atom stereocenters. The Bertz CT molecular complexity index is 273. The van der Waals surface area contributed by atoms with Gasteiger partial charge in [0.2, 0.25) is 0 Å². The van der Waals surface area contributed by atoms with Gasteiger partial charge in [0.15, 0.2) is 0 Å². The van der Waals surface area contributed by atoms with Gasteiger partial charge in [0, 0.05) is 0 Å². The van der Waals surface area contributed by atoms with E-state index in [1.54, 1.807) is 0 Å². The van der Waals surface area contributed by atoms with E-state index in [4.69, 9.17) is 4.74 Å². The third kappa shape index (κ3) is 9.45. The van der Waals surface area contributed by atoms with Crippen LogP contribution in [0.3, 0.4) is 0 Å². The summed E-state index contributed by atoms with van der Waals surface area (Å²) in [7, 11) is 2.12. The van der Waals surface area contributed by atoms with Crippen molar-refractivity contribution in [3.05, 3.63) is 0 Å². The van der Waals surface area contributed by atoms with Crippen LogP contribution in [0.5, 0.6) is 0 Å². The Morgan fingerprint density at radius 3 is 1.95 bits per heavy atom. The minimum Gasteiger partial charge on any atom is -0.465 e. The van der Waals surface area contributed by atoms with Gasteiger partial charge in [0.1, 0.15) is 0 Å². The van der Waals surface area contributed by atoms with Gasteiger partial charge in [0.25, 0.3) is 0 Å². The molecular formula is C19H37NO2. The van der Waals surface area contributed by atoms with E-state index in [1.807, 2.05) is 0 Å². The van der Waals surface area contributed by atoms with Crippen molar-refractivity contribution in [1.82, 2.24) is 4.90 Å². The number of hydrogen-bond acceptors (Lipinski definition) is 3. The van der Waals surface area contributed by atoms with Crippen molar-refractivity contribution >= 4 is 5.97 Å². The molecule has 0 bridgehead atoms. The third-order valence-corrected chi connectivity index (χ3v) is 4.79. The first-order chi connectivity index (χ1) is 10.7. The fourth-order valence-corrected chi connectivity index (χ4v) is 3.12. The number of likely N-dealkylation sites (tertiary alicyclic amines) is 1. The molecule has 3 heteroatoms. The van der Waals surface area contributed by atoms with E-state index in [1.165, 1.54) is 57.8 Å². The molecule has 0 aromatic carbocycles. The Morgan fingerprint density at radius 1 is 0.909 bits per heavy atom. The van der Waals surface area contributed by atoms with Crippen molar-refractivity contribution in [2.75, 3.05) is 26.7 Å². The fourth-order valence-electron chi connectivity index (χ4n) is 3.12. The average molecular weight is 312 g/mol. The van der Waals surface area contributed by atoms with Gasteiger partial charge >= 0.3 is 5.97 Å². The van der Waals surface area contributed by atoms with Crippen molar-refractivity contribution < 1.29 is 9.53 Å². The smallest absolute Gasteiger partial charge is 0.309 e. The Morgan fingerprint density at radius 2 is 1.41 bits per heavy atom. The molecule has 130 valence electrons. The van der Waals surface area contributed by atoms with Gasteiger partial charge < -0.3 is 9.64 Å². The lowest BCUT2D eigenvalue weighted by Crippen LogP contribution is -2.34. The molecule has 1 aliphatic rings. The van der Waals surface area contributed by atoms with E-state index in [9.17, 15) is 4.79 Å². The molecule has 0 amide bonds. The molecule has 0 aromatic heterocycles. The van der Waals surface area contributed by atoms with Crippen molar-refractivity contribution in [3.8, 4) is 0 Å². The molecule has 0 unspecified atom stereocenters. The lowest BCUT2D eigenvalue weighted by Gasteiger charge is -2.27. The first-order valence-electron chi connectivity index (χ1n) is 9.59. The van der Waals surface area contributed by atoms with E-state index in [-0.39, 0.29) is 11.9 Å². The SMILES string of the molecule is CCCCCCCCCCCCOC(=O)C1CCN(C)CC1. The summed E-state index contributed by atoms with van der Waals surface area (Å²) in [4.78, 5) is 14.2. The predicted octanol–water partition coefficient (Wildman–Crippen LogP) is 4.79. The maximum absolute atomic E-state index is 11.9. The number of esters is 1. The highest BCUT2D eigenvalue weighted by atomic mass is 16.5. The number of rotatable bonds is 12. The predicted molar refractivity (Wildman–Crippen MR) is 93.0 cm³/mol. The summed E-state index contributed by atoms with van der Waals surface area (Å²) >= 11 is 0. The Kier molecular flexibility index (Phi) is 11.4. The molecule has 1 aliphatic heterocycles. The Labute approximate surface area is 137 Å². The summed E-state index contributed by atoms with van der Waals surface area (Å²) in [6, 6.07) is 0. The molecule has 0 aromatic rings. The Hall–Kier alpha value is -0.570. The highest BCUT2D eigenvalue weighted by molar-refractivity contribution is 5.72. The van der Waals surface area contributed by atoms with Crippen LogP contribution in [0.4, 0.5) is 0 Å². The average Bonchev–Trinajstić information content (AvgIpc) is 2.53. The maximum Gasteiger partial charge on any atom is 0.309 e. The van der Waals surface area contributed by atoms with Crippen molar-refractivity contribution in [3.63, 3.8) is 0 Å². The first-order valence-corrected chi connectivity index (χ1v) is 9.59. The molecule has 0 N–H and O–H groups in total. The lowest BCUT2D eigenvalue weighted by atomic mass is 9.97. The summed E-state index contributed by atoms with van der Waals surface area (Å²) in [5.74, 6) is 0.198. The molecule has 1 saturated heterocycles. The summed E-state index contributed by atoms with van der Waals surface area (Å²) < 4.78 is 5.43. The van der Waals surface area contributed by atoms with Gasteiger partial charge in [-0.3, -0.25) is 4.79 Å². The van der Waals surface area contributed by atoms with Crippen molar-refractivity contribution in [1.29, 1.82) is 0 Å². The second-order valence-electron chi connectivity index (χ2n) is 6.93. The standard InChI is InChI=1S/C19H37NO2/c1-3-4-5-6-7-8-9-10-11-12-17-22-19(21)18-13-15-20(2)16-14-18/h18H,3-17H2,1-2H3. The lowest BCUT2D eigenvalue weighted by molar-refractivity contribution is -0.150. The number of carbonyl (C=O) groups is 1. The summed E-state index contributed by atoms with van der Waals surface area (Å²) in [5, 5.41) is 0. The van der Waals surface area contributed by atoms with E-state index < -0.39 is 0 Å². The molecule has 0 spiro atoms. The summed E-state index contributed by atoms with van der Waals surface area (Å²) in [6.07, 6.45) is 15.1. The van der Waals surface area contributed by atoms with E-state index in [0.29, 0.717) is 6.61 Å². The van der Waals surface area contributed by atoms with Crippen LogP contribution >= 0.6 is 0 Å². The van der Waals surface area contributed by atoms with Gasteiger partial charge in [-0.15, -0.1) is 0 Å². The topological polar surface area (TPSA) is 29.5 Å². The minimum absolute atomic E-state index is 0.0454. The fraction of sp³-hybridized carbons (Fsp3) is 0.947. The molecule has 22 heavy (non-hydrogen) atoms. The first kappa shape index (κ1) is 19.5. The molecule has 0 saturated carbocycles. The monoisotopic (exact) mass is 311 g/mol. The zero-order valence-electron chi connectivity index (χ0n) is 14.9. The molecule has 0 radical (unpaired) electrons. The maximum atomic E-state index is 11.9. The number of unbranched alkanes of at least 4 members (excludes halogenated alkanes) is 9. The zero-order valence-corrected chi connectivity index (χ0v) is 14.9. The minimum atomic E-state index is 0.0454. The quantitative estimate of drug-likeness (QED) is 0.383. The van der Waals surface area contributed by atoms with E-state index in [2.05, 4.69) is 18.9 Å². The highest BCUT2D eigenvalue weighted by Gasteiger charge is 2.24. The third-order valence-electron chi connectivity index (χ3n) is 4.79.